The lowest BCUT2D eigenvalue weighted by molar-refractivity contribution is 0.310. The van der Waals surface area contributed by atoms with Gasteiger partial charge in [-0.1, -0.05) is 5.16 Å². The highest BCUT2D eigenvalue weighted by atomic mass is 16.4. The molecule has 0 aromatic rings. The van der Waals surface area contributed by atoms with Crippen molar-refractivity contribution >= 4 is 5.71 Å². The molecule has 0 spiro atoms. The minimum atomic E-state index is -0.246. The van der Waals surface area contributed by atoms with Crippen LogP contribution in [0.1, 0.15) is 27.2 Å². The average molecular weight is 173 g/mol. The number of rotatable bonds is 5. The van der Waals surface area contributed by atoms with Gasteiger partial charge in [-0.25, -0.2) is 0 Å². The number of nitrogens with zero attached hydrogens (tertiary/aromatic N) is 1. The van der Waals surface area contributed by atoms with Crippen LogP contribution in [0.25, 0.3) is 0 Å². The van der Waals surface area contributed by atoms with Crippen molar-refractivity contribution in [1.82, 2.24) is 5.32 Å². The summed E-state index contributed by atoms with van der Waals surface area (Å²) in [4.78, 5) is 0. The number of hydrogen-bond donors (Lipinski definition) is 3. The molecule has 0 aliphatic rings. The number of nitrogens with one attached hydrogen (secondary N) is 1. The Hall–Kier alpha value is -0.610. The summed E-state index contributed by atoms with van der Waals surface area (Å²) in [6.45, 7) is 7.25. The molecule has 0 unspecified atom stereocenters. The van der Waals surface area contributed by atoms with Gasteiger partial charge in [0.25, 0.3) is 0 Å². The molecular formula is C8H19N3O. The molecule has 0 heterocycles. The van der Waals surface area contributed by atoms with E-state index < -0.39 is 0 Å². The van der Waals surface area contributed by atoms with Crippen molar-refractivity contribution in [3.8, 4) is 0 Å². The van der Waals surface area contributed by atoms with Crippen LogP contribution >= 0.6 is 0 Å². The van der Waals surface area contributed by atoms with Gasteiger partial charge in [0.05, 0.1) is 11.3 Å². The molecule has 0 saturated heterocycles. The Bertz CT molecular complexity index is 154. The summed E-state index contributed by atoms with van der Waals surface area (Å²) in [5.74, 6) is 0. The molecular weight excluding hydrogens is 154 g/mol. The second kappa shape index (κ2) is 5.11. The zero-order chi connectivity index (χ0) is 9.61. The quantitative estimate of drug-likeness (QED) is 0.246. The van der Waals surface area contributed by atoms with Crippen molar-refractivity contribution in [3.63, 3.8) is 0 Å². The highest BCUT2D eigenvalue weighted by molar-refractivity contribution is 5.90. The summed E-state index contributed by atoms with van der Waals surface area (Å²) in [5, 5.41) is 15.0. The summed E-state index contributed by atoms with van der Waals surface area (Å²) in [5.41, 5.74) is 5.78. The molecule has 0 rings (SSSR count). The highest BCUT2D eigenvalue weighted by Crippen LogP contribution is 2.04. The van der Waals surface area contributed by atoms with E-state index in [0.717, 1.165) is 13.0 Å². The van der Waals surface area contributed by atoms with Gasteiger partial charge in [-0.15, -0.1) is 0 Å². The summed E-state index contributed by atoms with van der Waals surface area (Å²) >= 11 is 0. The largest absolute Gasteiger partial charge is 0.411 e. The van der Waals surface area contributed by atoms with E-state index in [1.807, 2.05) is 13.8 Å². The van der Waals surface area contributed by atoms with Crippen LogP contribution in [-0.2, 0) is 0 Å². The third-order valence-corrected chi connectivity index (χ3v) is 2.00. The van der Waals surface area contributed by atoms with Crippen molar-refractivity contribution in [2.75, 3.05) is 13.1 Å². The molecule has 0 atom stereocenters. The Kier molecular flexibility index (Phi) is 4.85. The van der Waals surface area contributed by atoms with Crippen molar-refractivity contribution in [2.24, 2.45) is 10.9 Å². The van der Waals surface area contributed by atoms with Crippen LogP contribution in [0.3, 0.4) is 0 Å². The molecule has 0 saturated carbocycles. The zero-order valence-corrected chi connectivity index (χ0v) is 8.09. The van der Waals surface area contributed by atoms with Gasteiger partial charge in [0, 0.05) is 0 Å². The standard InChI is InChI=1S/C8H19N3O/c1-7(11-12)8(2,3)10-6-4-5-9/h10,12H,4-6,9H2,1-3H3/b11-7+. The van der Waals surface area contributed by atoms with Gasteiger partial charge in [-0.05, 0) is 40.3 Å². The molecule has 0 aromatic carbocycles. The molecule has 4 nitrogen and oxygen atoms in total. The van der Waals surface area contributed by atoms with Crippen molar-refractivity contribution in [1.29, 1.82) is 0 Å². The molecule has 4 N–H and O–H groups in total. The molecule has 0 bridgehead atoms. The molecule has 4 heteroatoms. The van der Waals surface area contributed by atoms with E-state index >= 15 is 0 Å². The predicted octanol–water partition coefficient (Wildman–Crippen LogP) is 0.554. The van der Waals surface area contributed by atoms with E-state index in [4.69, 9.17) is 10.9 Å². The summed E-state index contributed by atoms with van der Waals surface area (Å²) in [6.07, 6.45) is 0.933. The van der Waals surface area contributed by atoms with E-state index in [9.17, 15) is 0 Å². The van der Waals surface area contributed by atoms with Crippen LogP contribution in [0, 0.1) is 0 Å². The molecule has 12 heavy (non-hydrogen) atoms. The second-order valence-electron chi connectivity index (χ2n) is 3.38. The van der Waals surface area contributed by atoms with Gasteiger partial charge in [-0.3, -0.25) is 0 Å². The first-order chi connectivity index (χ1) is 5.54. The SMILES string of the molecule is C/C(=N\O)C(C)(C)NCCCN. The Labute approximate surface area is 73.8 Å². The van der Waals surface area contributed by atoms with Crippen molar-refractivity contribution in [3.05, 3.63) is 0 Å². The minimum absolute atomic E-state index is 0.246. The average Bonchev–Trinajstić information content (AvgIpc) is 2.03. The number of oxime groups is 1. The van der Waals surface area contributed by atoms with Gasteiger partial charge in [-0.2, -0.15) is 0 Å². The normalized spacial score (nSPS) is 13.5. The van der Waals surface area contributed by atoms with E-state index in [1.165, 1.54) is 0 Å². The first-order valence-electron chi connectivity index (χ1n) is 4.19. The lowest BCUT2D eigenvalue weighted by Crippen LogP contribution is -2.46. The lowest BCUT2D eigenvalue weighted by Gasteiger charge is -2.25. The topological polar surface area (TPSA) is 70.6 Å². The lowest BCUT2D eigenvalue weighted by atomic mass is 10.00. The molecule has 72 valence electrons. The fourth-order valence-electron chi connectivity index (χ4n) is 0.756. The Morgan fingerprint density at radius 2 is 2.17 bits per heavy atom. The number of hydrogen-bond acceptors (Lipinski definition) is 4. The summed E-state index contributed by atoms with van der Waals surface area (Å²) < 4.78 is 0. The monoisotopic (exact) mass is 173 g/mol. The first-order valence-corrected chi connectivity index (χ1v) is 4.19. The molecule has 0 aromatic heterocycles. The Balaban J connectivity index is 3.87. The first kappa shape index (κ1) is 11.4. The van der Waals surface area contributed by atoms with Crippen LogP contribution in [0.2, 0.25) is 0 Å². The molecule has 0 radical (unpaired) electrons. The third kappa shape index (κ3) is 3.69. The molecule has 0 amide bonds. The van der Waals surface area contributed by atoms with E-state index in [1.54, 1.807) is 6.92 Å². The smallest absolute Gasteiger partial charge is 0.0734 e. The second-order valence-corrected chi connectivity index (χ2v) is 3.38. The van der Waals surface area contributed by atoms with Gasteiger partial charge in [0.1, 0.15) is 0 Å². The van der Waals surface area contributed by atoms with Gasteiger partial charge >= 0.3 is 0 Å². The molecule has 0 fully saturated rings. The fourth-order valence-corrected chi connectivity index (χ4v) is 0.756. The molecule has 0 aliphatic heterocycles. The van der Waals surface area contributed by atoms with Crippen LogP contribution in [0.5, 0.6) is 0 Å². The summed E-state index contributed by atoms with van der Waals surface area (Å²) in [6, 6.07) is 0. The van der Waals surface area contributed by atoms with E-state index in [2.05, 4.69) is 10.5 Å². The zero-order valence-electron chi connectivity index (χ0n) is 8.09. The Morgan fingerprint density at radius 3 is 2.58 bits per heavy atom. The maximum absolute atomic E-state index is 8.55. The maximum atomic E-state index is 8.55. The summed E-state index contributed by atoms with van der Waals surface area (Å²) in [7, 11) is 0. The molecule has 0 aliphatic carbocycles. The van der Waals surface area contributed by atoms with Gasteiger partial charge in [0.15, 0.2) is 0 Å². The van der Waals surface area contributed by atoms with Gasteiger partial charge in [0.2, 0.25) is 0 Å². The minimum Gasteiger partial charge on any atom is -0.411 e. The van der Waals surface area contributed by atoms with E-state index in [-0.39, 0.29) is 5.54 Å². The Morgan fingerprint density at radius 1 is 1.58 bits per heavy atom. The van der Waals surface area contributed by atoms with Crippen LogP contribution < -0.4 is 11.1 Å². The third-order valence-electron chi connectivity index (χ3n) is 2.00. The maximum Gasteiger partial charge on any atom is 0.0734 e. The van der Waals surface area contributed by atoms with Crippen LogP contribution in [0.15, 0.2) is 5.16 Å². The van der Waals surface area contributed by atoms with Crippen molar-refractivity contribution in [2.45, 2.75) is 32.7 Å². The highest BCUT2D eigenvalue weighted by Gasteiger charge is 2.20. The van der Waals surface area contributed by atoms with Gasteiger partial charge < -0.3 is 16.3 Å². The number of nitrogens with two attached hydrogens (primary N) is 1. The predicted molar refractivity (Wildman–Crippen MR) is 50.6 cm³/mol. The van der Waals surface area contributed by atoms with Crippen LogP contribution in [-0.4, -0.2) is 29.5 Å². The van der Waals surface area contributed by atoms with Crippen LogP contribution in [0.4, 0.5) is 0 Å². The van der Waals surface area contributed by atoms with Crippen molar-refractivity contribution < 1.29 is 5.21 Å². The fraction of sp³-hybridized carbons (Fsp3) is 0.875. The van der Waals surface area contributed by atoms with E-state index in [0.29, 0.717) is 12.3 Å².